The minimum absolute atomic E-state index is 0.158. The zero-order chi connectivity index (χ0) is 14.4. The quantitative estimate of drug-likeness (QED) is 0.782. The van der Waals surface area contributed by atoms with E-state index in [1.165, 1.54) is 0 Å². The van der Waals surface area contributed by atoms with Crippen molar-refractivity contribution in [1.29, 1.82) is 0 Å². The van der Waals surface area contributed by atoms with Crippen molar-refractivity contribution in [3.8, 4) is 11.1 Å². The first-order valence-corrected chi connectivity index (χ1v) is 7.26. The second kappa shape index (κ2) is 7.20. The summed E-state index contributed by atoms with van der Waals surface area (Å²) in [6.07, 6.45) is 5.85. The number of nitrogens with one attached hydrogen (secondary N) is 1. The van der Waals surface area contributed by atoms with Gasteiger partial charge in [0.05, 0.1) is 6.20 Å². The Hall–Kier alpha value is -1.68. The van der Waals surface area contributed by atoms with Crippen molar-refractivity contribution in [2.75, 3.05) is 6.54 Å². The Morgan fingerprint density at radius 3 is 2.75 bits per heavy atom. The lowest BCUT2D eigenvalue weighted by atomic mass is 10.1. The Balaban J connectivity index is 2.10. The van der Waals surface area contributed by atoms with E-state index in [-0.39, 0.29) is 5.82 Å². The van der Waals surface area contributed by atoms with Crippen LogP contribution in [-0.2, 0) is 13.1 Å². The molecule has 1 heterocycles. The van der Waals surface area contributed by atoms with E-state index in [1.807, 2.05) is 23.0 Å². The van der Waals surface area contributed by atoms with E-state index in [9.17, 15) is 4.39 Å². The van der Waals surface area contributed by atoms with Gasteiger partial charge in [0.15, 0.2) is 0 Å². The number of hydrogen-bond acceptors (Lipinski definition) is 2. The molecule has 0 aliphatic carbocycles. The molecule has 0 radical (unpaired) electrons. The van der Waals surface area contributed by atoms with Gasteiger partial charge in [-0.25, -0.2) is 4.39 Å². The van der Waals surface area contributed by atoms with Gasteiger partial charge in [-0.3, -0.25) is 4.68 Å². The Kier molecular flexibility index (Phi) is 5.30. The minimum Gasteiger partial charge on any atom is -0.313 e. The Morgan fingerprint density at radius 1 is 1.20 bits per heavy atom. The zero-order valence-corrected chi connectivity index (χ0v) is 12.2. The van der Waals surface area contributed by atoms with Crippen molar-refractivity contribution in [2.24, 2.45) is 0 Å². The van der Waals surface area contributed by atoms with Crippen LogP contribution in [0.1, 0.15) is 32.3 Å². The standard InChI is InChI=1S/C16H22FN3/c1-3-7-18-10-14-6-5-13(9-16(14)17)15-11-19-20(12-15)8-4-2/h5-6,9,11-12,18H,3-4,7-8,10H2,1-2H3. The maximum Gasteiger partial charge on any atom is 0.128 e. The third-order valence-electron chi connectivity index (χ3n) is 3.21. The molecule has 0 saturated heterocycles. The van der Waals surface area contributed by atoms with Crippen LogP contribution in [0.15, 0.2) is 30.6 Å². The van der Waals surface area contributed by atoms with Crippen LogP contribution in [0, 0.1) is 5.82 Å². The highest BCUT2D eigenvalue weighted by Gasteiger charge is 2.06. The number of aromatic nitrogens is 2. The highest BCUT2D eigenvalue weighted by atomic mass is 19.1. The normalized spacial score (nSPS) is 10.9. The van der Waals surface area contributed by atoms with E-state index >= 15 is 0 Å². The second-order valence-electron chi connectivity index (χ2n) is 4.98. The predicted octanol–water partition coefficient (Wildman–Crippen LogP) is 3.60. The largest absolute Gasteiger partial charge is 0.313 e. The van der Waals surface area contributed by atoms with Gasteiger partial charge in [0, 0.05) is 30.4 Å². The van der Waals surface area contributed by atoms with Gasteiger partial charge in [-0.15, -0.1) is 0 Å². The molecule has 4 heteroatoms. The third-order valence-corrected chi connectivity index (χ3v) is 3.21. The molecule has 108 valence electrons. The van der Waals surface area contributed by atoms with Crippen molar-refractivity contribution in [3.63, 3.8) is 0 Å². The van der Waals surface area contributed by atoms with Crippen LogP contribution in [0.4, 0.5) is 4.39 Å². The maximum absolute atomic E-state index is 14.1. The molecule has 1 aromatic carbocycles. The monoisotopic (exact) mass is 275 g/mol. The molecule has 20 heavy (non-hydrogen) atoms. The highest BCUT2D eigenvalue weighted by molar-refractivity contribution is 5.62. The molecule has 0 unspecified atom stereocenters. The SMILES string of the molecule is CCCNCc1ccc(-c2cnn(CCC)c2)cc1F. The maximum atomic E-state index is 14.1. The van der Waals surface area contributed by atoms with Gasteiger partial charge < -0.3 is 5.32 Å². The van der Waals surface area contributed by atoms with E-state index in [2.05, 4.69) is 24.3 Å². The van der Waals surface area contributed by atoms with Crippen LogP contribution >= 0.6 is 0 Å². The van der Waals surface area contributed by atoms with Crippen molar-refractivity contribution < 1.29 is 4.39 Å². The number of aryl methyl sites for hydroxylation is 1. The summed E-state index contributed by atoms with van der Waals surface area (Å²) in [5, 5.41) is 7.49. The molecule has 1 aromatic heterocycles. The minimum atomic E-state index is -0.158. The van der Waals surface area contributed by atoms with Gasteiger partial charge in [0.1, 0.15) is 5.82 Å². The van der Waals surface area contributed by atoms with Crippen LogP contribution in [-0.4, -0.2) is 16.3 Å². The molecule has 2 rings (SSSR count). The Morgan fingerprint density at radius 2 is 2.05 bits per heavy atom. The average Bonchev–Trinajstić information content (AvgIpc) is 2.90. The van der Waals surface area contributed by atoms with Gasteiger partial charge in [-0.1, -0.05) is 26.0 Å². The van der Waals surface area contributed by atoms with Gasteiger partial charge in [-0.2, -0.15) is 5.10 Å². The van der Waals surface area contributed by atoms with Crippen molar-refractivity contribution in [3.05, 3.63) is 42.0 Å². The Bertz CT molecular complexity index is 548. The molecule has 0 spiro atoms. The van der Waals surface area contributed by atoms with E-state index in [0.29, 0.717) is 12.1 Å². The van der Waals surface area contributed by atoms with Crippen molar-refractivity contribution in [2.45, 2.75) is 39.8 Å². The van der Waals surface area contributed by atoms with Crippen LogP contribution in [0.5, 0.6) is 0 Å². The summed E-state index contributed by atoms with van der Waals surface area (Å²) < 4.78 is 15.9. The fourth-order valence-corrected chi connectivity index (χ4v) is 2.13. The number of nitrogens with zero attached hydrogens (tertiary/aromatic N) is 2. The molecular weight excluding hydrogens is 253 g/mol. The third kappa shape index (κ3) is 3.67. The Labute approximate surface area is 119 Å². The van der Waals surface area contributed by atoms with Gasteiger partial charge in [0.25, 0.3) is 0 Å². The summed E-state index contributed by atoms with van der Waals surface area (Å²) in [6, 6.07) is 5.40. The predicted molar refractivity (Wildman–Crippen MR) is 79.9 cm³/mol. The van der Waals surface area contributed by atoms with Crippen LogP contribution in [0.25, 0.3) is 11.1 Å². The summed E-state index contributed by atoms with van der Waals surface area (Å²) in [5.74, 6) is -0.158. The van der Waals surface area contributed by atoms with Crippen molar-refractivity contribution >= 4 is 0 Å². The van der Waals surface area contributed by atoms with Gasteiger partial charge in [0.2, 0.25) is 0 Å². The number of halogens is 1. The van der Waals surface area contributed by atoms with E-state index < -0.39 is 0 Å². The molecule has 3 nitrogen and oxygen atoms in total. The first kappa shape index (κ1) is 14.7. The first-order valence-electron chi connectivity index (χ1n) is 7.26. The lowest BCUT2D eigenvalue weighted by Crippen LogP contribution is -2.14. The van der Waals surface area contributed by atoms with Crippen LogP contribution in [0.2, 0.25) is 0 Å². The van der Waals surface area contributed by atoms with Gasteiger partial charge >= 0.3 is 0 Å². The van der Waals surface area contributed by atoms with Crippen molar-refractivity contribution in [1.82, 2.24) is 15.1 Å². The molecule has 0 saturated carbocycles. The molecule has 0 fully saturated rings. The summed E-state index contributed by atoms with van der Waals surface area (Å²) in [4.78, 5) is 0. The summed E-state index contributed by atoms with van der Waals surface area (Å²) in [5.41, 5.74) is 2.55. The molecule has 0 aliphatic rings. The second-order valence-corrected chi connectivity index (χ2v) is 4.98. The van der Waals surface area contributed by atoms with E-state index in [1.54, 1.807) is 12.3 Å². The number of hydrogen-bond donors (Lipinski definition) is 1. The van der Waals surface area contributed by atoms with E-state index in [4.69, 9.17) is 0 Å². The fraction of sp³-hybridized carbons (Fsp3) is 0.438. The summed E-state index contributed by atoms with van der Waals surface area (Å²) in [7, 11) is 0. The number of benzene rings is 1. The molecular formula is C16H22FN3. The molecule has 0 atom stereocenters. The molecule has 0 aliphatic heterocycles. The fourth-order valence-electron chi connectivity index (χ4n) is 2.13. The highest BCUT2D eigenvalue weighted by Crippen LogP contribution is 2.21. The number of rotatable bonds is 7. The first-order chi connectivity index (χ1) is 9.74. The molecule has 1 N–H and O–H groups in total. The lowest BCUT2D eigenvalue weighted by Gasteiger charge is -2.06. The van der Waals surface area contributed by atoms with Crippen LogP contribution in [0.3, 0.4) is 0 Å². The summed E-state index contributed by atoms with van der Waals surface area (Å²) >= 11 is 0. The smallest absolute Gasteiger partial charge is 0.128 e. The van der Waals surface area contributed by atoms with Gasteiger partial charge in [-0.05, 0) is 31.0 Å². The lowest BCUT2D eigenvalue weighted by molar-refractivity contribution is 0.587. The summed E-state index contributed by atoms with van der Waals surface area (Å²) in [6.45, 7) is 6.58. The molecule has 0 amide bonds. The van der Waals surface area contributed by atoms with E-state index in [0.717, 1.165) is 37.1 Å². The van der Waals surface area contributed by atoms with Crippen LogP contribution < -0.4 is 5.32 Å². The zero-order valence-electron chi connectivity index (χ0n) is 12.2. The average molecular weight is 275 g/mol. The molecule has 2 aromatic rings. The topological polar surface area (TPSA) is 29.9 Å². The molecule has 0 bridgehead atoms.